The van der Waals surface area contributed by atoms with Gasteiger partial charge in [-0.2, -0.15) is 0 Å². The van der Waals surface area contributed by atoms with Crippen molar-refractivity contribution in [2.24, 2.45) is 5.41 Å². The Hall–Kier alpha value is -1.39. The van der Waals surface area contributed by atoms with Gasteiger partial charge in [-0.1, -0.05) is 29.8 Å². The topological polar surface area (TPSA) is 55.4 Å². The molecular weight excluding hydrogens is 278 g/mol. The zero-order valence-electron chi connectivity index (χ0n) is 11.2. The normalized spacial score (nSPS) is 33.5. The van der Waals surface area contributed by atoms with E-state index in [4.69, 9.17) is 16.3 Å². The smallest absolute Gasteiger partial charge is 0.234 e. The third kappa shape index (κ3) is 1.95. The molecule has 4 nitrogen and oxygen atoms in total. The number of imide groups is 1. The molecule has 0 aliphatic carbocycles. The summed E-state index contributed by atoms with van der Waals surface area (Å²) in [5, 5.41) is 2.99. The quantitative estimate of drug-likeness (QED) is 0.808. The lowest BCUT2D eigenvalue weighted by atomic mass is 9.63. The van der Waals surface area contributed by atoms with Crippen LogP contribution in [0.5, 0.6) is 0 Å². The highest BCUT2D eigenvalue weighted by Gasteiger charge is 2.55. The van der Waals surface area contributed by atoms with Crippen molar-refractivity contribution in [2.45, 2.75) is 31.8 Å². The first-order valence-electron chi connectivity index (χ1n) is 6.74. The van der Waals surface area contributed by atoms with Gasteiger partial charge in [0.1, 0.15) is 0 Å². The molecule has 2 aliphatic rings. The molecule has 0 aromatic heterocycles. The predicted molar refractivity (Wildman–Crippen MR) is 74.4 cm³/mol. The summed E-state index contributed by atoms with van der Waals surface area (Å²) < 4.78 is 5.66. The van der Waals surface area contributed by atoms with Gasteiger partial charge in [-0.05, 0) is 25.0 Å². The second kappa shape index (κ2) is 4.86. The number of amides is 2. The summed E-state index contributed by atoms with van der Waals surface area (Å²) in [5.41, 5.74) is 0.293. The molecule has 3 atom stereocenters. The summed E-state index contributed by atoms with van der Waals surface area (Å²) in [6.45, 7) is 2.51. The Kier molecular flexibility index (Phi) is 3.30. The fourth-order valence-corrected chi connectivity index (χ4v) is 3.73. The SMILES string of the molecule is CC1OCCC12CC(=O)NC(=O)C2c1ccccc1Cl. The van der Waals surface area contributed by atoms with Crippen molar-refractivity contribution in [1.29, 1.82) is 0 Å². The fraction of sp³-hybridized carbons (Fsp3) is 0.467. The third-order valence-corrected chi connectivity index (χ3v) is 4.89. The van der Waals surface area contributed by atoms with Crippen LogP contribution in [0.15, 0.2) is 24.3 Å². The van der Waals surface area contributed by atoms with E-state index >= 15 is 0 Å². The fourth-order valence-electron chi connectivity index (χ4n) is 3.48. The molecule has 3 unspecified atom stereocenters. The van der Waals surface area contributed by atoms with E-state index in [1.54, 1.807) is 6.07 Å². The molecule has 1 spiro atoms. The Balaban J connectivity index is 2.12. The average Bonchev–Trinajstić information content (AvgIpc) is 2.72. The van der Waals surface area contributed by atoms with Gasteiger partial charge in [0, 0.05) is 23.5 Å². The predicted octanol–water partition coefficient (Wildman–Crippen LogP) is 2.27. The van der Waals surface area contributed by atoms with Gasteiger partial charge in [0.2, 0.25) is 11.8 Å². The van der Waals surface area contributed by atoms with Crippen molar-refractivity contribution in [1.82, 2.24) is 5.32 Å². The standard InChI is InChI=1S/C15H16ClNO3/c1-9-15(6-7-20-9)8-12(18)17-14(19)13(15)10-4-2-3-5-11(10)16/h2-5,9,13H,6-8H2,1H3,(H,17,18,19). The van der Waals surface area contributed by atoms with Crippen molar-refractivity contribution < 1.29 is 14.3 Å². The number of hydrogen-bond acceptors (Lipinski definition) is 3. The van der Waals surface area contributed by atoms with Crippen LogP contribution in [0.4, 0.5) is 0 Å². The number of halogens is 1. The van der Waals surface area contributed by atoms with Gasteiger partial charge in [-0.25, -0.2) is 0 Å². The van der Waals surface area contributed by atoms with E-state index in [0.717, 1.165) is 5.56 Å². The molecule has 0 radical (unpaired) electrons. The van der Waals surface area contributed by atoms with Crippen LogP contribution in [0.25, 0.3) is 0 Å². The maximum absolute atomic E-state index is 12.4. The number of carbonyl (C=O) groups excluding carboxylic acids is 2. The molecule has 2 amide bonds. The summed E-state index contributed by atoms with van der Waals surface area (Å²) in [6.07, 6.45) is 0.859. The zero-order chi connectivity index (χ0) is 14.3. The molecule has 0 saturated carbocycles. The largest absolute Gasteiger partial charge is 0.378 e. The molecule has 106 valence electrons. The maximum Gasteiger partial charge on any atom is 0.234 e. The first-order chi connectivity index (χ1) is 9.54. The van der Waals surface area contributed by atoms with E-state index in [-0.39, 0.29) is 17.9 Å². The Bertz CT molecular complexity index is 574. The number of benzene rings is 1. The number of piperidine rings is 1. The van der Waals surface area contributed by atoms with E-state index in [2.05, 4.69) is 5.32 Å². The molecule has 2 fully saturated rings. The van der Waals surface area contributed by atoms with Crippen LogP contribution in [0.1, 0.15) is 31.2 Å². The number of ether oxygens (including phenoxy) is 1. The van der Waals surface area contributed by atoms with Crippen molar-refractivity contribution in [3.63, 3.8) is 0 Å². The summed E-state index contributed by atoms with van der Waals surface area (Å²) in [4.78, 5) is 24.2. The van der Waals surface area contributed by atoms with Crippen LogP contribution in [-0.2, 0) is 14.3 Å². The van der Waals surface area contributed by atoms with Crippen molar-refractivity contribution >= 4 is 23.4 Å². The summed E-state index contributed by atoms with van der Waals surface area (Å²) in [5.74, 6) is -0.936. The van der Waals surface area contributed by atoms with Crippen LogP contribution in [-0.4, -0.2) is 24.5 Å². The Morgan fingerprint density at radius 1 is 1.35 bits per heavy atom. The average molecular weight is 294 g/mol. The summed E-state index contributed by atoms with van der Waals surface area (Å²) in [6, 6.07) is 7.32. The van der Waals surface area contributed by atoms with Gasteiger partial charge in [-0.15, -0.1) is 0 Å². The highest BCUT2D eigenvalue weighted by molar-refractivity contribution is 6.31. The van der Waals surface area contributed by atoms with E-state index in [9.17, 15) is 9.59 Å². The van der Waals surface area contributed by atoms with Crippen molar-refractivity contribution in [3.8, 4) is 0 Å². The van der Waals surface area contributed by atoms with Crippen LogP contribution in [0.2, 0.25) is 5.02 Å². The Labute approximate surface area is 122 Å². The zero-order valence-corrected chi connectivity index (χ0v) is 11.9. The minimum Gasteiger partial charge on any atom is -0.378 e. The van der Waals surface area contributed by atoms with Gasteiger partial charge in [0.05, 0.1) is 12.0 Å². The van der Waals surface area contributed by atoms with Gasteiger partial charge in [0.15, 0.2) is 0 Å². The van der Waals surface area contributed by atoms with Gasteiger partial charge < -0.3 is 4.74 Å². The van der Waals surface area contributed by atoms with E-state index < -0.39 is 11.3 Å². The summed E-state index contributed by atoms with van der Waals surface area (Å²) >= 11 is 6.26. The molecule has 5 heteroatoms. The number of carbonyl (C=O) groups is 2. The van der Waals surface area contributed by atoms with Crippen LogP contribution in [0, 0.1) is 5.41 Å². The van der Waals surface area contributed by atoms with Gasteiger partial charge in [-0.3, -0.25) is 14.9 Å². The number of rotatable bonds is 1. The van der Waals surface area contributed by atoms with Crippen molar-refractivity contribution in [3.05, 3.63) is 34.9 Å². The van der Waals surface area contributed by atoms with E-state index in [1.165, 1.54) is 0 Å². The summed E-state index contributed by atoms with van der Waals surface area (Å²) in [7, 11) is 0. The monoisotopic (exact) mass is 293 g/mol. The molecule has 2 heterocycles. The molecule has 3 rings (SSSR count). The van der Waals surface area contributed by atoms with Crippen LogP contribution < -0.4 is 5.32 Å². The maximum atomic E-state index is 12.4. The van der Waals surface area contributed by atoms with Crippen molar-refractivity contribution in [2.75, 3.05) is 6.61 Å². The molecule has 2 aliphatic heterocycles. The lowest BCUT2D eigenvalue weighted by Gasteiger charge is -2.42. The molecule has 1 aromatic carbocycles. The molecule has 20 heavy (non-hydrogen) atoms. The van der Waals surface area contributed by atoms with E-state index in [1.807, 2.05) is 25.1 Å². The molecular formula is C15H16ClNO3. The van der Waals surface area contributed by atoms with E-state index in [0.29, 0.717) is 24.5 Å². The minimum absolute atomic E-state index is 0.140. The minimum atomic E-state index is -0.482. The molecule has 1 N–H and O–H groups in total. The molecule has 1 aromatic rings. The van der Waals surface area contributed by atoms with Crippen LogP contribution in [0.3, 0.4) is 0 Å². The first kappa shape index (κ1) is 13.6. The second-order valence-electron chi connectivity index (χ2n) is 5.54. The Morgan fingerprint density at radius 2 is 2.10 bits per heavy atom. The Morgan fingerprint density at radius 3 is 2.75 bits per heavy atom. The molecule has 2 saturated heterocycles. The highest BCUT2D eigenvalue weighted by Crippen LogP contribution is 2.52. The lowest BCUT2D eigenvalue weighted by molar-refractivity contribution is -0.142. The van der Waals surface area contributed by atoms with Gasteiger partial charge >= 0.3 is 0 Å². The number of nitrogens with one attached hydrogen (secondary N) is 1. The second-order valence-corrected chi connectivity index (χ2v) is 5.95. The number of hydrogen-bond donors (Lipinski definition) is 1. The third-order valence-electron chi connectivity index (χ3n) is 4.55. The highest BCUT2D eigenvalue weighted by atomic mass is 35.5. The first-order valence-corrected chi connectivity index (χ1v) is 7.12. The lowest BCUT2D eigenvalue weighted by Crippen LogP contribution is -2.53. The molecule has 0 bridgehead atoms. The van der Waals surface area contributed by atoms with Crippen LogP contribution >= 0.6 is 11.6 Å². The van der Waals surface area contributed by atoms with Gasteiger partial charge in [0.25, 0.3) is 0 Å².